The van der Waals surface area contributed by atoms with Gasteiger partial charge in [-0.05, 0) is 27.6 Å². The normalized spacial score (nSPS) is 12.2. The van der Waals surface area contributed by atoms with Crippen molar-refractivity contribution in [2.75, 3.05) is 0 Å². The van der Waals surface area contributed by atoms with Crippen molar-refractivity contribution < 1.29 is 8.78 Å². The zero-order valence-electron chi connectivity index (χ0n) is 7.10. The number of halogens is 3. The summed E-state index contributed by atoms with van der Waals surface area (Å²) in [6.07, 6.45) is 0.0592. The first-order valence-corrected chi connectivity index (χ1v) is 4.63. The number of nitriles is 1. The van der Waals surface area contributed by atoms with E-state index in [1.165, 1.54) is 6.07 Å². The number of benzene rings is 1. The Kier molecular flexibility index (Phi) is 3.55. The first-order chi connectivity index (χ1) is 6.57. The summed E-state index contributed by atoms with van der Waals surface area (Å²) in [5.41, 5.74) is 5.98. The van der Waals surface area contributed by atoms with Crippen molar-refractivity contribution in [1.29, 1.82) is 5.26 Å². The van der Waals surface area contributed by atoms with E-state index in [0.717, 1.165) is 6.07 Å². The molecule has 0 radical (unpaired) electrons. The third-order valence-corrected chi connectivity index (χ3v) is 2.58. The third-order valence-electron chi connectivity index (χ3n) is 1.78. The molecule has 1 rings (SSSR count). The topological polar surface area (TPSA) is 49.8 Å². The van der Waals surface area contributed by atoms with Crippen LogP contribution in [0.15, 0.2) is 16.6 Å². The van der Waals surface area contributed by atoms with Gasteiger partial charge in [-0.2, -0.15) is 5.26 Å². The number of hydrogen-bond acceptors (Lipinski definition) is 2. The van der Waals surface area contributed by atoms with Crippen molar-refractivity contribution in [2.45, 2.75) is 12.5 Å². The molecule has 0 saturated heterocycles. The van der Waals surface area contributed by atoms with Gasteiger partial charge >= 0.3 is 0 Å². The van der Waals surface area contributed by atoms with Crippen LogP contribution in [0, 0.1) is 23.0 Å². The fourth-order valence-corrected chi connectivity index (χ4v) is 1.65. The fraction of sp³-hybridized carbons (Fsp3) is 0.222. The number of nitrogens with zero attached hydrogens (tertiary/aromatic N) is 1. The molecule has 2 nitrogen and oxygen atoms in total. The molecular formula is C9H7BrF2N2. The van der Waals surface area contributed by atoms with E-state index in [2.05, 4.69) is 15.9 Å². The standard InChI is InChI=1S/C9H7BrF2N2/c10-8-5(7(14)3-4-13)1-2-6(11)9(8)12/h1-2,7H,3,14H2/t7-/m0/s1. The Balaban J connectivity index is 3.12. The van der Waals surface area contributed by atoms with Crippen LogP contribution in [0.1, 0.15) is 18.0 Å². The predicted molar refractivity (Wildman–Crippen MR) is 51.2 cm³/mol. The van der Waals surface area contributed by atoms with E-state index in [9.17, 15) is 8.78 Å². The Morgan fingerprint density at radius 1 is 1.50 bits per heavy atom. The van der Waals surface area contributed by atoms with E-state index < -0.39 is 17.7 Å². The lowest BCUT2D eigenvalue weighted by Crippen LogP contribution is -2.11. The molecule has 1 atom stereocenters. The van der Waals surface area contributed by atoms with E-state index in [0.29, 0.717) is 5.56 Å². The molecule has 0 aliphatic rings. The highest BCUT2D eigenvalue weighted by atomic mass is 79.9. The van der Waals surface area contributed by atoms with Gasteiger partial charge in [0.1, 0.15) is 0 Å². The summed E-state index contributed by atoms with van der Waals surface area (Å²) in [6.45, 7) is 0. The fourth-order valence-electron chi connectivity index (χ4n) is 1.04. The molecule has 0 spiro atoms. The maximum atomic E-state index is 13.0. The van der Waals surface area contributed by atoms with Gasteiger partial charge in [0.05, 0.1) is 17.0 Å². The van der Waals surface area contributed by atoms with E-state index in [4.69, 9.17) is 11.0 Å². The van der Waals surface area contributed by atoms with Crippen LogP contribution < -0.4 is 5.73 Å². The number of nitrogens with two attached hydrogens (primary N) is 1. The van der Waals surface area contributed by atoms with Gasteiger partial charge in [0.2, 0.25) is 0 Å². The van der Waals surface area contributed by atoms with E-state index in [1.54, 1.807) is 0 Å². The molecule has 0 aliphatic heterocycles. The van der Waals surface area contributed by atoms with Gasteiger partial charge in [0.15, 0.2) is 11.6 Å². The van der Waals surface area contributed by atoms with Gasteiger partial charge < -0.3 is 5.73 Å². The highest BCUT2D eigenvalue weighted by molar-refractivity contribution is 9.10. The van der Waals surface area contributed by atoms with Crippen molar-refractivity contribution in [2.24, 2.45) is 5.73 Å². The molecule has 0 fully saturated rings. The first-order valence-electron chi connectivity index (χ1n) is 3.84. The quantitative estimate of drug-likeness (QED) is 0.832. The second-order valence-electron chi connectivity index (χ2n) is 2.73. The molecule has 0 unspecified atom stereocenters. The molecule has 1 aromatic rings. The summed E-state index contributed by atoms with van der Waals surface area (Å²) in [4.78, 5) is 0. The van der Waals surface area contributed by atoms with Crippen LogP contribution in [0.5, 0.6) is 0 Å². The summed E-state index contributed by atoms with van der Waals surface area (Å²) in [7, 11) is 0. The van der Waals surface area contributed by atoms with Crippen LogP contribution in [-0.2, 0) is 0 Å². The summed E-state index contributed by atoms with van der Waals surface area (Å²) in [6, 6.07) is 3.62. The summed E-state index contributed by atoms with van der Waals surface area (Å²) < 4.78 is 25.7. The smallest absolute Gasteiger partial charge is 0.173 e. The molecule has 74 valence electrons. The molecule has 0 amide bonds. The Bertz CT molecular complexity index is 387. The van der Waals surface area contributed by atoms with Gasteiger partial charge in [-0.25, -0.2) is 8.78 Å². The first kappa shape index (κ1) is 11.1. The minimum atomic E-state index is -0.976. The SMILES string of the molecule is N#CC[C@H](N)c1ccc(F)c(F)c1Br. The lowest BCUT2D eigenvalue weighted by atomic mass is 10.1. The van der Waals surface area contributed by atoms with Crippen molar-refractivity contribution in [1.82, 2.24) is 0 Å². The van der Waals surface area contributed by atoms with E-state index >= 15 is 0 Å². The van der Waals surface area contributed by atoms with Crippen LogP contribution >= 0.6 is 15.9 Å². The summed E-state index contributed by atoms with van der Waals surface area (Å²) in [5, 5.41) is 8.40. The van der Waals surface area contributed by atoms with Gasteiger partial charge in [-0.3, -0.25) is 0 Å². The second kappa shape index (κ2) is 4.49. The lowest BCUT2D eigenvalue weighted by Gasteiger charge is -2.10. The van der Waals surface area contributed by atoms with E-state index in [-0.39, 0.29) is 10.9 Å². The average molecular weight is 261 g/mol. The van der Waals surface area contributed by atoms with Crippen LogP contribution in [0.25, 0.3) is 0 Å². The molecule has 0 heterocycles. The maximum Gasteiger partial charge on any atom is 0.173 e. The second-order valence-corrected chi connectivity index (χ2v) is 3.53. The Morgan fingerprint density at radius 3 is 2.71 bits per heavy atom. The average Bonchev–Trinajstić information content (AvgIpc) is 2.15. The number of hydrogen-bond donors (Lipinski definition) is 1. The molecular weight excluding hydrogens is 254 g/mol. The summed E-state index contributed by atoms with van der Waals surface area (Å²) in [5.74, 6) is -1.92. The van der Waals surface area contributed by atoms with Crippen molar-refractivity contribution in [3.8, 4) is 6.07 Å². The van der Waals surface area contributed by atoms with Crippen LogP contribution in [-0.4, -0.2) is 0 Å². The molecule has 0 bridgehead atoms. The van der Waals surface area contributed by atoms with Crippen LogP contribution in [0.3, 0.4) is 0 Å². The monoisotopic (exact) mass is 260 g/mol. The molecule has 0 aromatic heterocycles. The molecule has 0 aliphatic carbocycles. The highest BCUT2D eigenvalue weighted by Crippen LogP contribution is 2.27. The maximum absolute atomic E-state index is 13.0. The molecule has 1 aromatic carbocycles. The Hall–Kier alpha value is -0.990. The van der Waals surface area contributed by atoms with Crippen LogP contribution in [0.4, 0.5) is 8.78 Å². The molecule has 2 N–H and O–H groups in total. The molecule has 14 heavy (non-hydrogen) atoms. The van der Waals surface area contributed by atoms with E-state index in [1.807, 2.05) is 6.07 Å². The van der Waals surface area contributed by atoms with Gasteiger partial charge in [-0.1, -0.05) is 6.07 Å². The van der Waals surface area contributed by atoms with Gasteiger partial charge in [0.25, 0.3) is 0 Å². The van der Waals surface area contributed by atoms with Gasteiger partial charge in [-0.15, -0.1) is 0 Å². The third kappa shape index (κ3) is 2.08. The largest absolute Gasteiger partial charge is 0.323 e. The predicted octanol–water partition coefficient (Wildman–Crippen LogP) is 2.64. The molecule has 5 heteroatoms. The number of rotatable bonds is 2. The molecule has 0 saturated carbocycles. The Morgan fingerprint density at radius 2 is 2.14 bits per heavy atom. The summed E-state index contributed by atoms with van der Waals surface area (Å²) >= 11 is 2.90. The van der Waals surface area contributed by atoms with Crippen molar-refractivity contribution >= 4 is 15.9 Å². The van der Waals surface area contributed by atoms with Crippen molar-refractivity contribution in [3.05, 3.63) is 33.8 Å². The minimum Gasteiger partial charge on any atom is -0.323 e. The zero-order valence-corrected chi connectivity index (χ0v) is 8.68. The lowest BCUT2D eigenvalue weighted by molar-refractivity contribution is 0.500. The Labute approximate surface area is 88.5 Å². The van der Waals surface area contributed by atoms with Crippen LogP contribution in [0.2, 0.25) is 0 Å². The zero-order chi connectivity index (χ0) is 10.7. The highest BCUT2D eigenvalue weighted by Gasteiger charge is 2.15. The minimum absolute atomic E-state index is 0.0137. The van der Waals surface area contributed by atoms with Crippen molar-refractivity contribution in [3.63, 3.8) is 0 Å². The van der Waals surface area contributed by atoms with Gasteiger partial charge in [0, 0.05) is 6.04 Å².